The van der Waals surface area contributed by atoms with Crippen LogP contribution in [-0.2, 0) is 0 Å². The van der Waals surface area contributed by atoms with Gasteiger partial charge in [0.05, 0.1) is 0 Å². The van der Waals surface area contributed by atoms with Crippen LogP contribution in [0.1, 0.15) is 22.5 Å². The number of hydrogen-bond donors (Lipinski definition) is 2. The molecule has 1 aromatic heterocycles. The van der Waals surface area contributed by atoms with Gasteiger partial charge in [-0.1, -0.05) is 0 Å². The van der Waals surface area contributed by atoms with E-state index in [-0.39, 0.29) is 11.9 Å². The third-order valence-corrected chi connectivity index (χ3v) is 3.58. The van der Waals surface area contributed by atoms with E-state index in [1.165, 1.54) is 0 Å². The number of nitrogens with one attached hydrogen (secondary N) is 2. The van der Waals surface area contributed by atoms with Gasteiger partial charge in [0.1, 0.15) is 17.5 Å². The van der Waals surface area contributed by atoms with Crippen molar-refractivity contribution < 1.29 is 13.6 Å². The highest BCUT2D eigenvalue weighted by Crippen LogP contribution is 2.20. The second-order valence-electron chi connectivity index (χ2n) is 5.26. The maximum absolute atomic E-state index is 13.0. The number of alkyl halides is 1. The Hall–Kier alpha value is -1.88. The number of halogens is 1. The van der Waals surface area contributed by atoms with Crippen molar-refractivity contribution in [2.75, 3.05) is 13.1 Å². The zero-order valence-corrected chi connectivity index (χ0v) is 11.3. The predicted octanol–water partition coefficient (Wildman–Crippen LogP) is 2.17. The van der Waals surface area contributed by atoms with Gasteiger partial charge in [-0.3, -0.25) is 4.79 Å². The summed E-state index contributed by atoms with van der Waals surface area (Å²) in [5.74, 6) is 0.677. The van der Waals surface area contributed by atoms with Gasteiger partial charge in [-0.05, 0) is 37.6 Å². The van der Waals surface area contributed by atoms with Crippen LogP contribution in [0.2, 0.25) is 0 Å². The van der Waals surface area contributed by atoms with Gasteiger partial charge in [0.15, 0.2) is 0 Å². The minimum absolute atomic E-state index is 0.0221. The molecule has 0 spiro atoms. The lowest BCUT2D eigenvalue weighted by atomic mass is 10.1. The van der Waals surface area contributed by atoms with Crippen LogP contribution in [0.5, 0.6) is 0 Å². The topological polar surface area (TPSA) is 54.3 Å². The van der Waals surface area contributed by atoms with Crippen LogP contribution in [-0.4, -0.2) is 31.2 Å². The summed E-state index contributed by atoms with van der Waals surface area (Å²) in [6.07, 6.45) is -0.345. The number of furan rings is 1. The molecule has 1 aliphatic heterocycles. The summed E-state index contributed by atoms with van der Waals surface area (Å²) in [5, 5.41) is 6.79. The lowest BCUT2D eigenvalue weighted by molar-refractivity contribution is 0.0950. The zero-order valence-electron chi connectivity index (χ0n) is 11.3. The van der Waals surface area contributed by atoms with E-state index in [9.17, 15) is 9.18 Å². The number of hydrogen-bond acceptors (Lipinski definition) is 3. The third-order valence-electron chi connectivity index (χ3n) is 3.58. The number of fused-ring (bicyclic) bond motifs is 1. The molecule has 0 aliphatic carbocycles. The molecular weight excluding hydrogens is 259 g/mol. The fraction of sp³-hybridized carbons (Fsp3) is 0.400. The fourth-order valence-electron chi connectivity index (χ4n) is 2.56. The van der Waals surface area contributed by atoms with Crippen molar-refractivity contribution in [1.82, 2.24) is 10.6 Å². The minimum Gasteiger partial charge on any atom is -0.461 e. The van der Waals surface area contributed by atoms with E-state index < -0.39 is 6.17 Å². The van der Waals surface area contributed by atoms with Crippen molar-refractivity contribution in [2.24, 2.45) is 0 Å². The van der Waals surface area contributed by atoms with Gasteiger partial charge in [0.25, 0.3) is 5.91 Å². The van der Waals surface area contributed by atoms with Gasteiger partial charge in [0, 0.05) is 30.1 Å². The van der Waals surface area contributed by atoms with Crippen LogP contribution in [0.25, 0.3) is 11.0 Å². The van der Waals surface area contributed by atoms with Crippen LogP contribution in [0.4, 0.5) is 4.39 Å². The van der Waals surface area contributed by atoms with Crippen LogP contribution >= 0.6 is 0 Å². The lowest BCUT2D eigenvalue weighted by Crippen LogP contribution is -2.37. The second kappa shape index (κ2) is 5.25. The molecule has 0 bridgehead atoms. The van der Waals surface area contributed by atoms with Gasteiger partial charge in [0.2, 0.25) is 0 Å². The largest absolute Gasteiger partial charge is 0.461 e. The van der Waals surface area contributed by atoms with Gasteiger partial charge < -0.3 is 15.1 Å². The van der Waals surface area contributed by atoms with Crippen LogP contribution in [0, 0.1) is 6.92 Å². The van der Waals surface area contributed by atoms with E-state index in [0.717, 1.165) is 16.7 Å². The molecule has 0 radical (unpaired) electrons. The van der Waals surface area contributed by atoms with Gasteiger partial charge >= 0.3 is 0 Å². The zero-order chi connectivity index (χ0) is 14.1. The first-order valence-electron chi connectivity index (χ1n) is 6.77. The maximum Gasteiger partial charge on any atom is 0.251 e. The highest BCUT2D eigenvalue weighted by Gasteiger charge is 2.23. The summed E-state index contributed by atoms with van der Waals surface area (Å²) in [5.41, 5.74) is 1.37. The Morgan fingerprint density at radius 3 is 3.10 bits per heavy atom. The van der Waals surface area contributed by atoms with E-state index in [0.29, 0.717) is 25.1 Å². The first-order valence-corrected chi connectivity index (χ1v) is 6.77. The smallest absolute Gasteiger partial charge is 0.251 e. The standard InChI is InChI=1S/C15H17FN2O2/c1-9-4-11-5-10(2-3-14(11)20-9)15(19)18-8-13-6-12(16)7-17-13/h2-5,12-13,17H,6-8H2,1H3,(H,18,19). The summed E-state index contributed by atoms with van der Waals surface area (Å²) in [4.78, 5) is 12.1. The molecule has 0 saturated carbocycles. The number of aryl methyl sites for hydroxylation is 1. The molecule has 3 rings (SSSR count). The van der Waals surface area contributed by atoms with Crippen LogP contribution in [0.15, 0.2) is 28.7 Å². The number of amides is 1. The van der Waals surface area contributed by atoms with Crippen molar-refractivity contribution in [3.8, 4) is 0 Å². The Kier molecular flexibility index (Phi) is 3.44. The van der Waals surface area contributed by atoms with Crippen LogP contribution < -0.4 is 10.6 Å². The van der Waals surface area contributed by atoms with Crippen LogP contribution in [0.3, 0.4) is 0 Å². The van der Waals surface area contributed by atoms with E-state index >= 15 is 0 Å². The van der Waals surface area contributed by atoms with E-state index in [2.05, 4.69) is 10.6 Å². The Morgan fingerprint density at radius 1 is 1.50 bits per heavy atom. The van der Waals surface area contributed by atoms with Crippen molar-refractivity contribution in [3.05, 3.63) is 35.6 Å². The summed E-state index contributed by atoms with van der Waals surface area (Å²) in [6.45, 7) is 2.70. The highest BCUT2D eigenvalue weighted by atomic mass is 19.1. The molecule has 4 nitrogen and oxygen atoms in total. The van der Waals surface area contributed by atoms with Crippen molar-refractivity contribution in [3.63, 3.8) is 0 Å². The molecule has 5 heteroatoms. The molecule has 2 aromatic rings. The average molecular weight is 276 g/mol. The quantitative estimate of drug-likeness (QED) is 0.903. The van der Waals surface area contributed by atoms with Gasteiger partial charge in [-0.15, -0.1) is 0 Å². The summed E-state index contributed by atoms with van der Waals surface area (Å²) < 4.78 is 18.5. The Morgan fingerprint density at radius 2 is 2.35 bits per heavy atom. The molecule has 20 heavy (non-hydrogen) atoms. The molecule has 106 valence electrons. The molecule has 2 unspecified atom stereocenters. The molecular formula is C15H17FN2O2. The minimum atomic E-state index is -0.804. The lowest BCUT2D eigenvalue weighted by Gasteiger charge is -2.11. The highest BCUT2D eigenvalue weighted by molar-refractivity contribution is 5.97. The van der Waals surface area contributed by atoms with Gasteiger partial charge in [-0.2, -0.15) is 0 Å². The molecule has 1 aliphatic rings. The van der Waals surface area contributed by atoms with Crippen molar-refractivity contribution in [2.45, 2.75) is 25.6 Å². The van der Waals surface area contributed by atoms with E-state index in [4.69, 9.17) is 4.42 Å². The second-order valence-corrected chi connectivity index (χ2v) is 5.26. The first kappa shape index (κ1) is 13.1. The Labute approximate surface area is 116 Å². The number of carbonyl (C=O) groups is 1. The van der Waals surface area contributed by atoms with E-state index in [1.54, 1.807) is 18.2 Å². The third kappa shape index (κ3) is 2.67. The number of carbonyl (C=O) groups excluding carboxylic acids is 1. The maximum atomic E-state index is 13.0. The molecule has 1 amide bonds. The Bertz CT molecular complexity index is 638. The molecule has 2 N–H and O–H groups in total. The Balaban J connectivity index is 1.65. The van der Waals surface area contributed by atoms with Gasteiger partial charge in [-0.25, -0.2) is 4.39 Å². The molecule has 2 atom stereocenters. The number of rotatable bonds is 3. The first-order chi connectivity index (χ1) is 9.61. The monoisotopic (exact) mass is 276 g/mol. The average Bonchev–Trinajstić information content (AvgIpc) is 2.99. The predicted molar refractivity (Wildman–Crippen MR) is 74.6 cm³/mol. The molecule has 1 saturated heterocycles. The summed E-state index contributed by atoms with van der Waals surface area (Å²) in [7, 11) is 0. The van der Waals surface area contributed by atoms with Crippen molar-refractivity contribution in [1.29, 1.82) is 0 Å². The molecule has 2 heterocycles. The van der Waals surface area contributed by atoms with E-state index in [1.807, 2.05) is 13.0 Å². The molecule has 1 aromatic carbocycles. The fourth-order valence-corrected chi connectivity index (χ4v) is 2.56. The summed E-state index contributed by atoms with van der Waals surface area (Å²) in [6, 6.07) is 7.26. The SMILES string of the molecule is Cc1cc2cc(C(=O)NCC3CC(F)CN3)ccc2o1. The van der Waals surface area contributed by atoms with Crippen molar-refractivity contribution >= 4 is 16.9 Å². The summed E-state index contributed by atoms with van der Waals surface area (Å²) >= 11 is 0. The number of benzene rings is 1. The normalized spacial score (nSPS) is 22.3. The molecule has 1 fully saturated rings.